The Morgan fingerprint density at radius 2 is 1.10 bits per heavy atom. The van der Waals surface area contributed by atoms with Gasteiger partial charge in [0.2, 0.25) is 0 Å². The molecule has 0 atom stereocenters. The van der Waals surface area contributed by atoms with Gasteiger partial charge in [0, 0.05) is 22.5 Å². The summed E-state index contributed by atoms with van der Waals surface area (Å²) in [6, 6.07) is 21.8. The summed E-state index contributed by atoms with van der Waals surface area (Å²) in [5.74, 6) is -0.424. The number of thiocarbonyl (C=S) groups is 1. The molecule has 0 aliphatic rings. The van der Waals surface area contributed by atoms with Crippen molar-refractivity contribution in [1.29, 1.82) is 0 Å². The number of carbonyl (C=O) groups excluding carboxylic acids is 2. The smallest absolute Gasteiger partial charge is 0.257 e. The van der Waals surface area contributed by atoms with Gasteiger partial charge in [-0.05, 0) is 73.6 Å². The maximum atomic E-state index is 12.4. The maximum absolute atomic E-state index is 12.4. The molecule has 0 aromatic heterocycles. The third-order valence-corrected chi connectivity index (χ3v) is 4.61. The third-order valence-electron chi connectivity index (χ3n) is 4.41. The Hall–Kier alpha value is -3.51. The molecule has 6 heteroatoms. The summed E-state index contributed by atoms with van der Waals surface area (Å²) in [5.41, 5.74) is 4.37. The molecule has 29 heavy (non-hydrogen) atoms. The monoisotopic (exact) mass is 403 g/mol. The van der Waals surface area contributed by atoms with E-state index in [2.05, 4.69) is 16.0 Å². The van der Waals surface area contributed by atoms with Gasteiger partial charge in [-0.25, -0.2) is 0 Å². The first-order valence-corrected chi connectivity index (χ1v) is 9.50. The van der Waals surface area contributed by atoms with Crippen LogP contribution in [0.1, 0.15) is 31.8 Å². The number of amides is 2. The Labute approximate surface area is 175 Å². The fourth-order valence-electron chi connectivity index (χ4n) is 2.82. The Morgan fingerprint density at radius 3 is 1.62 bits per heavy atom. The van der Waals surface area contributed by atoms with Gasteiger partial charge in [-0.3, -0.25) is 14.9 Å². The highest BCUT2D eigenvalue weighted by molar-refractivity contribution is 7.80. The van der Waals surface area contributed by atoms with Crippen LogP contribution in [0.25, 0.3) is 0 Å². The van der Waals surface area contributed by atoms with Crippen LogP contribution in [0.3, 0.4) is 0 Å². The van der Waals surface area contributed by atoms with Crippen molar-refractivity contribution in [3.63, 3.8) is 0 Å². The van der Waals surface area contributed by atoms with E-state index in [0.29, 0.717) is 22.5 Å². The zero-order valence-electron chi connectivity index (χ0n) is 16.2. The van der Waals surface area contributed by atoms with E-state index >= 15 is 0 Å². The van der Waals surface area contributed by atoms with Crippen LogP contribution in [0.2, 0.25) is 0 Å². The summed E-state index contributed by atoms with van der Waals surface area (Å²) in [4.78, 5) is 24.7. The number of benzene rings is 3. The first-order chi connectivity index (χ1) is 13.9. The normalized spacial score (nSPS) is 10.1. The highest BCUT2D eigenvalue weighted by Gasteiger charge is 2.11. The minimum Gasteiger partial charge on any atom is -0.332 e. The van der Waals surface area contributed by atoms with E-state index in [1.165, 1.54) is 0 Å². The molecule has 0 saturated carbocycles. The molecule has 0 fully saturated rings. The molecule has 3 N–H and O–H groups in total. The molecular weight excluding hydrogens is 382 g/mol. The standard InChI is InChI=1S/C23H21N3O2S/c1-15-7-3-5-9-19(15)21(27)24-17-11-13-18(14-12-17)25-23(29)26-22(28)20-10-6-4-8-16(20)2/h3-14H,1-2H3,(H,24,27)(H2,25,26,28,29). The van der Waals surface area contributed by atoms with Crippen LogP contribution in [-0.4, -0.2) is 16.9 Å². The Bertz CT molecular complexity index is 1060. The highest BCUT2D eigenvalue weighted by Crippen LogP contribution is 2.16. The average molecular weight is 404 g/mol. The summed E-state index contributed by atoms with van der Waals surface area (Å²) in [7, 11) is 0. The quantitative estimate of drug-likeness (QED) is 0.553. The molecule has 0 bridgehead atoms. The van der Waals surface area contributed by atoms with Crippen LogP contribution in [0.15, 0.2) is 72.8 Å². The van der Waals surface area contributed by atoms with Crippen molar-refractivity contribution < 1.29 is 9.59 Å². The van der Waals surface area contributed by atoms with Gasteiger partial charge < -0.3 is 10.6 Å². The second kappa shape index (κ2) is 9.12. The predicted octanol–water partition coefficient (Wildman–Crippen LogP) is 4.68. The molecule has 5 nitrogen and oxygen atoms in total. The van der Waals surface area contributed by atoms with Crippen LogP contribution in [0, 0.1) is 13.8 Å². The summed E-state index contributed by atoms with van der Waals surface area (Å²) >= 11 is 5.22. The first-order valence-electron chi connectivity index (χ1n) is 9.09. The van der Waals surface area contributed by atoms with E-state index in [9.17, 15) is 9.59 Å². The van der Waals surface area contributed by atoms with Crippen molar-refractivity contribution >= 4 is 40.5 Å². The van der Waals surface area contributed by atoms with Crippen molar-refractivity contribution in [2.24, 2.45) is 0 Å². The number of aryl methyl sites for hydroxylation is 2. The van der Waals surface area contributed by atoms with Gasteiger partial charge in [-0.1, -0.05) is 36.4 Å². The zero-order chi connectivity index (χ0) is 20.8. The van der Waals surface area contributed by atoms with Gasteiger partial charge in [-0.15, -0.1) is 0 Å². The number of hydrogen-bond donors (Lipinski definition) is 3. The van der Waals surface area contributed by atoms with Crippen molar-refractivity contribution in [2.45, 2.75) is 13.8 Å². The van der Waals surface area contributed by atoms with Gasteiger partial charge >= 0.3 is 0 Å². The SMILES string of the molecule is Cc1ccccc1C(=O)NC(=S)Nc1ccc(NC(=O)c2ccccc2C)cc1. The molecule has 0 spiro atoms. The number of anilines is 2. The summed E-state index contributed by atoms with van der Waals surface area (Å²) in [6.45, 7) is 3.77. The molecule has 3 aromatic rings. The number of nitrogens with one attached hydrogen (secondary N) is 3. The maximum Gasteiger partial charge on any atom is 0.257 e. The van der Waals surface area contributed by atoms with E-state index in [1.54, 1.807) is 36.4 Å². The molecule has 0 aliphatic heterocycles. The summed E-state index contributed by atoms with van der Waals surface area (Å²) in [5, 5.41) is 8.72. The summed E-state index contributed by atoms with van der Waals surface area (Å²) in [6.07, 6.45) is 0. The van der Waals surface area contributed by atoms with Crippen molar-refractivity contribution in [1.82, 2.24) is 5.32 Å². The molecule has 0 aliphatic carbocycles. The second-order valence-electron chi connectivity index (χ2n) is 6.57. The van der Waals surface area contributed by atoms with Crippen LogP contribution < -0.4 is 16.0 Å². The fourth-order valence-corrected chi connectivity index (χ4v) is 3.03. The Morgan fingerprint density at radius 1 is 0.655 bits per heavy atom. The molecule has 0 radical (unpaired) electrons. The van der Waals surface area contributed by atoms with Crippen LogP contribution >= 0.6 is 12.2 Å². The molecular formula is C23H21N3O2S. The lowest BCUT2D eigenvalue weighted by Gasteiger charge is -2.12. The van der Waals surface area contributed by atoms with Gasteiger partial charge in [-0.2, -0.15) is 0 Å². The largest absolute Gasteiger partial charge is 0.332 e. The number of hydrogen-bond acceptors (Lipinski definition) is 3. The van der Waals surface area contributed by atoms with Gasteiger partial charge in [0.05, 0.1) is 0 Å². The second-order valence-corrected chi connectivity index (χ2v) is 6.98. The molecule has 0 heterocycles. The van der Waals surface area contributed by atoms with Crippen molar-refractivity contribution in [2.75, 3.05) is 10.6 Å². The van der Waals surface area contributed by atoms with E-state index in [1.807, 2.05) is 50.2 Å². The topological polar surface area (TPSA) is 70.2 Å². The zero-order valence-corrected chi connectivity index (χ0v) is 17.0. The van der Waals surface area contributed by atoms with Crippen molar-refractivity contribution in [3.05, 3.63) is 95.1 Å². The molecule has 0 unspecified atom stereocenters. The summed E-state index contributed by atoms with van der Waals surface area (Å²) < 4.78 is 0. The van der Waals surface area contributed by atoms with Crippen LogP contribution in [0.5, 0.6) is 0 Å². The lowest BCUT2D eigenvalue weighted by Crippen LogP contribution is -2.34. The van der Waals surface area contributed by atoms with Gasteiger partial charge in [0.15, 0.2) is 5.11 Å². The Kier molecular flexibility index (Phi) is 6.36. The highest BCUT2D eigenvalue weighted by atomic mass is 32.1. The minimum atomic E-state index is -0.261. The molecule has 0 saturated heterocycles. The first kappa shape index (κ1) is 20.2. The molecule has 3 rings (SSSR count). The minimum absolute atomic E-state index is 0.162. The lowest BCUT2D eigenvalue weighted by atomic mass is 10.1. The van der Waals surface area contributed by atoms with Crippen molar-refractivity contribution in [3.8, 4) is 0 Å². The average Bonchev–Trinajstić information content (AvgIpc) is 2.70. The van der Waals surface area contributed by atoms with Gasteiger partial charge in [0.1, 0.15) is 0 Å². The molecule has 146 valence electrons. The predicted molar refractivity (Wildman–Crippen MR) is 120 cm³/mol. The van der Waals surface area contributed by atoms with E-state index in [0.717, 1.165) is 11.1 Å². The lowest BCUT2D eigenvalue weighted by molar-refractivity contribution is 0.0975. The van der Waals surface area contributed by atoms with E-state index < -0.39 is 0 Å². The number of rotatable bonds is 4. The van der Waals surface area contributed by atoms with Gasteiger partial charge in [0.25, 0.3) is 11.8 Å². The molecule has 2 amide bonds. The fraction of sp³-hybridized carbons (Fsp3) is 0.0870. The number of carbonyl (C=O) groups is 2. The Balaban J connectivity index is 1.58. The molecule has 3 aromatic carbocycles. The van der Waals surface area contributed by atoms with E-state index in [-0.39, 0.29) is 16.9 Å². The van der Waals surface area contributed by atoms with E-state index in [4.69, 9.17) is 12.2 Å². The third kappa shape index (κ3) is 5.27. The van der Waals surface area contributed by atoms with Crippen LogP contribution in [-0.2, 0) is 0 Å². The van der Waals surface area contributed by atoms with Crippen LogP contribution in [0.4, 0.5) is 11.4 Å².